The molecule has 2 aromatic heterocycles. The van der Waals surface area contributed by atoms with Crippen LogP contribution in [0.25, 0.3) is 0 Å². The normalized spacial score (nSPS) is 17.8. The second-order valence-electron chi connectivity index (χ2n) is 6.43. The van der Waals surface area contributed by atoms with Gasteiger partial charge in [0.2, 0.25) is 0 Å². The van der Waals surface area contributed by atoms with Gasteiger partial charge in [-0.1, -0.05) is 0 Å². The molecule has 0 aromatic carbocycles. The molecule has 1 fully saturated rings. The van der Waals surface area contributed by atoms with Gasteiger partial charge in [0.05, 0.1) is 18.1 Å². The molecular formula is C18H24N6O. The smallest absolute Gasteiger partial charge is 0.272 e. The van der Waals surface area contributed by atoms with Crippen LogP contribution in [-0.4, -0.2) is 50.9 Å². The molecule has 1 aliphatic rings. The Bertz CT molecular complexity index is 718. The Morgan fingerprint density at radius 1 is 1.24 bits per heavy atom. The summed E-state index contributed by atoms with van der Waals surface area (Å²) in [4.78, 5) is 31.7. The van der Waals surface area contributed by atoms with E-state index in [1.54, 1.807) is 25.4 Å². The van der Waals surface area contributed by atoms with Crippen molar-refractivity contribution >= 4 is 11.7 Å². The third-order valence-electron chi connectivity index (χ3n) is 4.59. The van der Waals surface area contributed by atoms with E-state index in [9.17, 15) is 4.79 Å². The zero-order valence-corrected chi connectivity index (χ0v) is 14.8. The van der Waals surface area contributed by atoms with Crippen molar-refractivity contribution in [1.82, 2.24) is 24.8 Å². The summed E-state index contributed by atoms with van der Waals surface area (Å²) in [6.45, 7) is 3.34. The highest BCUT2D eigenvalue weighted by atomic mass is 16.2. The number of rotatable bonds is 4. The quantitative estimate of drug-likeness (QED) is 0.917. The number of carbonyl (C=O) groups is 1. The standard InChI is InChI=1S/C18H24N6O/c1-13-20-7-5-16(23-13)18(25)24-8-3-4-14(6-9-24)10-15-11-22-17(19-2)12-21-15/h5,7,11-12,14H,3-4,6,8-10H2,1-2H3,(H,19,22)/t14-/m0/s1. The number of hydrogen-bond acceptors (Lipinski definition) is 6. The second-order valence-corrected chi connectivity index (χ2v) is 6.43. The van der Waals surface area contributed by atoms with E-state index < -0.39 is 0 Å². The van der Waals surface area contributed by atoms with Gasteiger partial charge in [0.1, 0.15) is 17.3 Å². The number of aryl methyl sites for hydroxylation is 1. The summed E-state index contributed by atoms with van der Waals surface area (Å²) in [5.74, 6) is 1.94. The Kier molecular flexibility index (Phi) is 5.53. The van der Waals surface area contributed by atoms with Crippen LogP contribution in [0.15, 0.2) is 24.7 Å². The summed E-state index contributed by atoms with van der Waals surface area (Å²) in [5, 5.41) is 2.98. The fraction of sp³-hybridized carbons (Fsp3) is 0.500. The number of nitrogens with one attached hydrogen (secondary N) is 1. The minimum Gasteiger partial charge on any atom is -0.372 e. The zero-order valence-electron chi connectivity index (χ0n) is 14.8. The molecule has 0 aliphatic carbocycles. The number of amides is 1. The van der Waals surface area contributed by atoms with Crippen LogP contribution in [0.4, 0.5) is 5.82 Å². The van der Waals surface area contributed by atoms with Crippen LogP contribution in [0, 0.1) is 12.8 Å². The minimum absolute atomic E-state index is 0.00400. The summed E-state index contributed by atoms with van der Waals surface area (Å²) in [7, 11) is 1.83. The Hall–Kier alpha value is -2.57. The van der Waals surface area contributed by atoms with E-state index >= 15 is 0 Å². The molecule has 0 spiro atoms. The largest absolute Gasteiger partial charge is 0.372 e. The van der Waals surface area contributed by atoms with E-state index in [-0.39, 0.29) is 5.91 Å². The molecule has 0 radical (unpaired) electrons. The Morgan fingerprint density at radius 3 is 2.84 bits per heavy atom. The lowest BCUT2D eigenvalue weighted by Gasteiger charge is -2.20. The van der Waals surface area contributed by atoms with Crippen molar-refractivity contribution in [2.75, 3.05) is 25.5 Å². The predicted molar refractivity (Wildman–Crippen MR) is 95.3 cm³/mol. The summed E-state index contributed by atoms with van der Waals surface area (Å²) >= 11 is 0. The summed E-state index contributed by atoms with van der Waals surface area (Å²) < 4.78 is 0. The summed E-state index contributed by atoms with van der Waals surface area (Å²) in [5.41, 5.74) is 1.50. The lowest BCUT2D eigenvalue weighted by Crippen LogP contribution is -2.32. The highest BCUT2D eigenvalue weighted by molar-refractivity contribution is 5.92. The Labute approximate surface area is 147 Å². The van der Waals surface area contributed by atoms with Gasteiger partial charge in [-0.05, 0) is 44.6 Å². The molecule has 0 saturated carbocycles. The van der Waals surface area contributed by atoms with Gasteiger partial charge in [-0.2, -0.15) is 0 Å². The molecule has 1 aliphatic heterocycles. The van der Waals surface area contributed by atoms with E-state index in [0.717, 1.165) is 50.3 Å². The van der Waals surface area contributed by atoms with Crippen molar-refractivity contribution < 1.29 is 4.79 Å². The molecule has 1 N–H and O–H groups in total. The molecule has 1 saturated heterocycles. The predicted octanol–water partition coefficient (Wildman–Crippen LogP) is 2.10. The van der Waals surface area contributed by atoms with Crippen molar-refractivity contribution in [1.29, 1.82) is 0 Å². The van der Waals surface area contributed by atoms with Crippen molar-refractivity contribution in [3.63, 3.8) is 0 Å². The van der Waals surface area contributed by atoms with E-state index in [1.165, 1.54) is 0 Å². The minimum atomic E-state index is 0.00400. The fourth-order valence-corrected chi connectivity index (χ4v) is 3.19. The first-order valence-corrected chi connectivity index (χ1v) is 8.73. The number of aromatic nitrogens is 4. The average molecular weight is 340 g/mol. The topological polar surface area (TPSA) is 83.9 Å². The van der Waals surface area contributed by atoms with Crippen LogP contribution in [0.2, 0.25) is 0 Å². The van der Waals surface area contributed by atoms with E-state index in [0.29, 0.717) is 17.4 Å². The highest BCUT2D eigenvalue weighted by Gasteiger charge is 2.23. The van der Waals surface area contributed by atoms with Gasteiger partial charge in [-0.15, -0.1) is 0 Å². The summed E-state index contributed by atoms with van der Waals surface area (Å²) in [6.07, 6.45) is 9.23. The first kappa shape index (κ1) is 17.3. The molecule has 2 aromatic rings. The molecule has 0 bridgehead atoms. The number of nitrogens with zero attached hydrogens (tertiary/aromatic N) is 5. The maximum atomic E-state index is 12.6. The summed E-state index contributed by atoms with van der Waals surface area (Å²) in [6, 6.07) is 1.69. The van der Waals surface area contributed by atoms with E-state index in [1.807, 2.05) is 18.1 Å². The number of carbonyl (C=O) groups excluding carboxylic acids is 1. The lowest BCUT2D eigenvalue weighted by atomic mass is 9.95. The van der Waals surface area contributed by atoms with Crippen molar-refractivity contribution in [3.8, 4) is 0 Å². The molecule has 3 heterocycles. The molecule has 1 atom stereocenters. The Balaban J connectivity index is 1.59. The third-order valence-corrected chi connectivity index (χ3v) is 4.59. The van der Waals surface area contributed by atoms with Gasteiger partial charge in [0.15, 0.2) is 0 Å². The molecule has 7 nitrogen and oxygen atoms in total. The molecule has 25 heavy (non-hydrogen) atoms. The monoisotopic (exact) mass is 340 g/mol. The van der Waals surface area contributed by atoms with Crippen molar-refractivity contribution in [2.24, 2.45) is 5.92 Å². The molecule has 7 heteroatoms. The van der Waals surface area contributed by atoms with Crippen LogP contribution < -0.4 is 5.32 Å². The Morgan fingerprint density at radius 2 is 2.12 bits per heavy atom. The molecule has 1 amide bonds. The van der Waals surface area contributed by atoms with Crippen molar-refractivity contribution in [3.05, 3.63) is 41.9 Å². The van der Waals surface area contributed by atoms with Crippen molar-refractivity contribution in [2.45, 2.75) is 32.6 Å². The second kappa shape index (κ2) is 8.00. The average Bonchev–Trinajstić information content (AvgIpc) is 2.87. The van der Waals surface area contributed by atoms with Crippen LogP contribution in [0.1, 0.15) is 41.3 Å². The molecule has 0 unspecified atom stereocenters. The van der Waals surface area contributed by atoms with Gasteiger partial charge >= 0.3 is 0 Å². The first-order chi connectivity index (χ1) is 12.2. The SMILES string of the molecule is CNc1cnc(C[C@H]2CCCN(C(=O)c3ccnc(C)n3)CC2)cn1. The fourth-order valence-electron chi connectivity index (χ4n) is 3.19. The van der Waals surface area contributed by atoms with Gasteiger partial charge < -0.3 is 10.2 Å². The van der Waals surface area contributed by atoms with Gasteiger partial charge in [-0.25, -0.2) is 15.0 Å². The molecule has 3 rings (SSSR count). The number of anilines is 1. The van der Waals surface area contributed by atoms with Crippen LogP contribution in [-0.2, 0) is 6.42 Å². The van der Waals surface area contributed by atoms with E-state index in [2.05, 4.69) is 25.3 Å². The third kappa shape index (κ3) is 4.49. The number of likely N-dealkylation sites (tertiary alicyclic amines) is 1. The lowest BCUT2D eigenvalue weighted by molar-refractivity contribution is 0.0753. The van der Waals surface area contributed by atoms with E-state index in [4.69, 9.17) is 0 Å². The van der Waals surface area contributed by atoms with Crippen LogP contribution in [0.3, 0.4) is 0 Å². The van der Waals surface area contributed by atoms with Gasteiger partial charge in [0.25, 0.3) is 5.91 Å². The number of hydrogen-bond donors (Lipinski definition) is 1. The van der Waals surface area contributed by atoms with Gasteiger partial charge in [0, 0.05) is 26.3 Å². The van der Waals surface area contributed by atoms with Crippen LogP contribution in [0.5, 0.6) is 0 Å². The maximum Gasteiger partial charge on any atom is 0.272 e. The highest BCUT2D eigenvalue weighted by Crippen LogP contribution is 2.22. The van der Waals surface area contributed by atoms with Crippen LogP contribution >= 0.6 is 0 Å². The maximum absolute atomic E-state index is 12.6. The van der Waals surface area contributed by atoms with Gasteiger partial charge in [-0.3, -0.25) is 9.78 Å². The first-order valence-electron chi connectivity index (χ1n) is 8.73. The molecule has 132 valence electrons. The zero-order chi connectivity index (χ0) is 17.6. The molecular weight excluding hydrogens is 316 g/mol.